The van der Waals surface area contributed by atoms with Gasteiger partial charge in [0.05, 0.1) is 11.7 Å². The first kappa shape index (κ1) is 8.38. The fourth-order valence-corrected chi connectivity index (χ4v) is 1.95. The molecule has 0 saturated heterocycles. The molecular formula is C11H8N2O2. The summed E-state index contributed by atoms with van der Waals surface area (Å²) in [5.41, 5.74) is 1.40. The van der Waals surface area contributed by atoms with Gasteiger partial charge in [-0.1, -0.05) is 17.3 Å². The van der Waals surface area contributed by atoms with E-state index in [4.69, 9.17) is 4.52 Å². The van der Waals surface area contributed by atoms with Crippen molar-refractivity contribution in [1.82, 2.24) is 5.16 Å². The van der Waals surface area contributed by atoms with Crippen molar-refractivity contribution in [1.29, 1.82) is 0 Å². The Morgan fingerprint density at radius 3 is 3.07 bits per heavy atom. The van der Waals surface area contributed by atoms with Gasteiger partial charge in [0.25, 0.3) is 0 Å². The lowest BCUT2D eigenvalue weighted by atomic mass is 10.0. The number of benzene rings is 1. The van der Waals surface area contributed by atoms with Gasteiger partial charge in [0, 0.05) is 5.39 Å². The lowest BCUT2D eigenvalue weighted by molar-refractivity contribution is 0.456. The van der Waals surface area contributed by atoms with Crippen LogP contribution in [-0.4, -0.2) is 11.2 Å². The molecule has 0 N–H and O–H groups in total. The zero-order valence-corrected chi connectivity index (χ0v) is 7.93. The Morgan fingerprint density at radius 2 is 2.33 bits per heavy atom. The molecule has 1 aliphatic rings. The Labute approximate surface area is 85.6 Å². The highest BCUT2D eigenvalue weighted by atomic mass is 16.5. The summed E-state index contributed by atoms with van der Waals surface area (Å²) in [6.07, 6.45) is 5.11. The molecule has 0 bridgehead atoms. The van der Waals surface area contributed by atoms with Gasteiger partial charge in [0.15, 0.2) is 5.58 Å². The molecule has 0 aliphatic heterocycles. The number of carbonyl (C=O) groups excluding carboxylic acids is 1. The fraction of sp³-hybridized carbons (Fsp3) is 0.273. The summed E-state index contributed by atoms with van der Waals surface area (Å²) in [6, 6.07) is 5.71. The summed E-state index contributed by atoms with van der Waals surface area (Å²) in [5, 5.41) is 4.69. The van der Waals surface area contributed by atoms with Crippen LogP contribution in [-0.2, 0) is 10.3 Å². The summed E-state index contributed by atoms with van der Waals surface area (Å²) >= 11 is 0. The van der Waals surface area contributed by atoms with E-state index >= 15 is 0 Å². The second kappa shape index (κ2) is 2.78. The summed E-state index contributed by atoms with van der Waals surface area (Å²) in [4.78, 5) is 14.3. The van der Waals surface area contributed by atoms with Gasteiger partial charge in [0.1, 0.15) is 0 Å². The molecule has 0 spiro atoms. The minimum Gasteiger partial charge on any atom is -0.356 e. The number of rotatable bonds is 2. The smallest absolute Gasteiger partial charge is 0.235 e. The van der Waals surface area contributed by atoms with Crippen LogP contribution in [0.2, 0.25) is 0 Å². The number of fused-ring (bicyclic) bond motifs is 1. The van der Waals surface area contributed by atoms with Crippen molar-refractivity contribution in [2.75, 3.05) is 0 Å². The molecule has 1 aliphatic carbocycles. The first-order chi connectivity index (χ1) is 7.36. The number of aliphatic imine (C=N–C) groups is 1. The van der Waals surface area contributed by atoms with E-state index in [2.05, 4.69) is 10.1 Å². The number of isocyanates is 1. The van der Waals surface area contributed by atoms with Gasteiger partial charge in [-0.15, -0.1) is 0 Å². The van der Waals surface area contributed by atoms with Gasteiger partial charge in [-0.2, -0.15) is 4.99 Å². The zero-order valence-electron chi connectivity index (χ0n) is 7.93. The van der Waals surface area contributed by atoms with Crippen LogP contribution in [0.15, 0.2) is 33.9 Å². The average Bonchev–Trinajstić information content (AvgIpc) is 2.88. The third-order valence-electron chi connectivity index (χ3n) is 2.88. The molecule has 1 aromatic heterocycles. The van der Waals surface area contributed by atoms with E-state index in [1.54, 1.807) is 12.3 Å². The summed E-state index contributed by atoms with van der Waals surface area (Å²) in [6.45, 7) is 0. The van der Waals surface area contributed by atoms with Crippen LogP contribution in [0.4, 0.5) is 0 Å². The quantitative estimate of drug-likeness (QED) is 0.551. The molecule has 4 heteroatoms. The average molecular weight is 200 g/mol. The molecular weight excluding hydrogens is 192 g/mol. The van der Waals surface area contributed by atoms with E-state index in [0.29, 0.717) is 0 Å². The molecule has 1 fully saturated rings. The largest absolute Gasteiger partial charge is 0.356 e. The number of aromatic nitrogens is 1. The predicted molar refractivity (Wildman–Crippen MR) is 53.0 cm³/mol. The minimum atomic E-state index is -0.354. The van der Waals surface area contributed by atoms with E-state index in [0.717, 1.165) is 29.4 Å². The van der Waals surface area contributed by atoms with Crippen molar-refractivity contribution in [2.24, 2.45) is 4.99 Å². The third kappa shape index (κ3) is 1.12. The first-order valence-corrected chi connectivity index (χ1v) is 4.79. The maximum atomic E-state index is 10.4. The van der Waals surface area contributed by atoms with Crippen LogP contribution in [0.25, 0.3) is 11.0 Å². The summed E-state index contributed by atoms with van der Waals surface area (Å²) in [7, 11) is 0. The zero-order chi connectivity index (χ0) is 10.3. The standard InChI is InChI=1S/C11H8N2O2/c14-7-12-11(4-5-11)9-2-1-3-10-8(9)6-13-15-10/h1-3,6H,4-5H2. The highest BCUT2D eigenvalue weighted by molar-refractivity contribution is 5.81. The van der Waals surface area contributed by atoms with Crippen molar-refractivity contribution in [2.45, 2.75) is 18.4 Å². The van der Waals surface area contributed by atoms with Crippen LogP contribution in [0, 0.1) is 0 Å². The molecule has 0 atom stereocenters. The van der Waals surface area contributed by atoms with Crippen molar-refractivity contribution in [3.05, 3.63) is 30.0 Å². The predicted octanol–water partition coefficient (Wildman–Crippen LogP) is 2.15. The molecule has 2 aromatic rings. The SMILES string of the molecule is O=C=NC1(c2cccc3oncc23)CC1. The van der Waals surface area contributed by atoms with E-state index < -0.39 is 0 Å². The van der Waals surface area contributed by atoms with Crippen molar-refractivity contribution >= 4 is 17.0 Å². The second-order valence-electron chi connectivity index (χ2n) is 3.78. The van der Waals surface area contributed by atoms with Crippen LogP contribution in [0.3, 0.4) is 0 Å². The normalized spacial score (nSPS) is 17.3. The fourth-order valence-electron chi connectivity index (χ4n) is 1.95. The molecule has 1 heterocycles. The van der Waals surface area contributed by atoms with Gasteiger partial charge in [-0.3, -0.25) is 0 Å². The van der Waals surface area contributed by atoms with E-state index in [1.807, 2.05) is 18.2 Å². The molecule has 1 aromatic carbocycles. The van der Waals surface area contributed by atoms with Crippen LogP contribution in [0.1, 0.15) is 18.4 Å². The Kier molecular flexibility index (Phi) is 1.55. The lowest BCUT2D eigenvalue weighted by Gasteiger charge is -2.07. The van der Waals surface area contributed by atoms with Gasteiger partial charge >= 0.3 is 0 Å². The maximum Gasteiger partial charge on any atom is 0.235 e. The lowest BCUT2D eigenvalue weighted by Crippen LogP contribution is -2.02. The molecule has 4 nitrogen and oxygen atoms in total. The maximum absolute atomic E-state index is 10.4. The van der Waals surface area contributed by atoms with Gasteiger partial charge in [0.2, 0.25) is 6.08 Å². The highest BCUT2D eigenvalue weighted by Gasteiger charge is 2.46. The number of hydrogen-bond donors (Lipinski definition) is 0. The number of hydrogen-bond acceptors (Lipinski definition) is 4. The summed E-state index contributed by atoms with van der Waals surface area (Å²) < 4.78 is 5.07. The molecule has 15 heavy (non-hydrogen) atoms. The Morgan fingerprint density at radius 1 is 1.47 bits per heavy atom. The molecule has 0 unspecified atom stereocenters. The number of nitrogens with zero attached hydrogens (tertiary/aromatic N) is 2. The first-order valence-electron chi connectivity index (χ1n) is 4.79. The van der Waals surface area contributed by atoms with Crippen molar-refractivity contribution in [3.8, 4) is 0 Å². The molecule has 3 rings (SSSR count). The highest BCUT2D eigenvalue weighted by Crippen LogP contribution is 2.51. The van der Waals surface area contributed by atoms with E-state index in [9.17, 15) is 4.79 Å². The monoisotopic (exact) mass is 200 g/mol. The Hall–Kier alpha value is -1.93. The van der Waals surface area contributed by atoms with Crippen LogP contribution >= 0.6 is 0 Å². The summed E-state index contributed by atoms with van der Waals surface area (Å²) in [5.74, 6) is 0. The Balaban J connectivity index is 2.26. The molecule has 74 valence electrons. The molecule has 0 radical (unpaired) electrons. The van der Waals surface area contributed by atoms with Crippen molar-refractivity contribution < 1.29 is 9.32 Å². The Bertz CT molecular complexity index is 563. The molecule has 1 saturated carbocycles. The van der Waals surface area contributed by atoms with Crippen LogP contribution < -0.4 is 0 Å². The minimum absolute atomic E-state index is 0.354. The van der Waals surface area contributed by atoms with E-state index in [-0.39, 0.29) is 5.54 Å². The third-order valence-corrected chi connectivity index (χ3v) is 2.88. The van der Waals surface area contributed by atoms with Gasteiger partial charge < -0.3 is 4.52 Å². The molecule has 0 amide bonds. The van der Waals surface area contributed by atoms with Crippen molar-refractivity contribution in [3.63, 3.8) is 0 Å². The van der Waals surface area contributed by atoms with Gasteiger partial charge in [-0.25, -0.2) is 4.79 Å². The topological polar surface area (TPSA) is 55.5 Å². The second-order valence-corrected chi connectivity index (χ2v) is 3.78. The van der Waals surface area contributed by atoms with Gasteiger partial charge in [-0.05, 0) is 24.5 Å². The van der Waals surface area contributed by atoms with E-state index in [1.165, 1.54) is 0 Å². The van der Waals surface area contributed by atoms with Crippen LogP contribution in [0.5, 0.6) is 0 Å².